The molecule has 6 heteroatoms. The Hall–Kier alpha value is -3.12. The lowest BCUT2D eigenvalue weighted by atomic mass is 10.1. The fraction of sp³-hybridized carbons (Fsp3) is 0.231. The number of benzene rings is 2. The number of nitrogens with zero attached hydrogens (tertiary/aromatic N) is 3. The van der Waals surface area contributed by atoms with Crippen molar-refractivity contribution >= 4 is 34.6 Å². The van der Waals surface area contributed by atoms with Gasteiger partial charge >= 0.3 is 0 Å². The molecule has 4 rings (SSSR count). The smallest absolute Gasteiger partial charge is 0.266 e. The van der Waals surface area contributed by atoms with Gasteiger partial charge in [0.05, 0.1) is 10.6 Å². The van der Waals surface area contributed by atoms with Crippen LogP contribution in [-0.2, 0) is 11.2 Å². The van der Waals surface area contributed by atoms with Gasteiger partial charge in [0.25, 0.3) is 5.91 Å². The van der Waals surface area contributed by atoms with Crippen molar-refractivity contribution in [3.05, 3.63) is 87.8 Å². The van der Waals surface area contributed by atoms with Gasteiger partial charge < -0.3 is 4.57 Å². The number of halogens is 1. The summed E-state index contributed by atoms with van der Waals surface area (Å²) in [7, 11) is 0. The lowest BCUT2D eigenvalue weighted by molar-refractivity contribution is -0.122. The number of carbonyl (C=O) groups excluding carboxylic acids is 1. The number of hydrogen-bond acceptors (Lipinski definition) is 3. The van der Waals surface area contributed by atoms with Crippen molar-refractivity contribution in [1.82, 2.24) is 9.47 Å². The molecule has 1 amide bonds. The van der Waals surface area contributed by atoms with Gasteiger partial charge in [-0.1, -0.05) is 25.1 Å². The molecule has 0 atom stereocenters. The average Bonchev–Trinajstić information content (AvgIpc) is 3.24. The number of para-hydroxylation sites is 1. The number of hydrogen-bond donors (Lipinski definition) is 0. The van der Waals surface area contributed by atoms with E-state index in [4.69, 9.17) is 0 Å². The number of aryl methyl sites for hydroxylation is 2. The Kier molecular flexibility index (Phi) is 6.33. The topological polar surface area (TPSA) is 37.6 Å². The quantitative estimate of drug-likeness (QED) is 0.423. The van der Waals surface area contributed by atoms with Gasteiger partial charge in [0.1, 0.15) is 5.82 Å². The van der Waals surface area contributed by atoms with Crippen LogP contribution >= 0.6 is 11.8 Å². The van der Waals surface area contributed by atoms with E-state index >= 15 is 0 Å². The Morgan fingerprint density at radius 1 is 1.06 bits per heavy atom. The van der Waals surface area contributed by atoms with Crippen LogP contribution in [0.25, 0.3) is 11.8 Å². The monoisotopic (exact) mass is 447 g/mol. The molecule has 0 N–H and O–H groups in total. The molecule has 3 aromatic rings. The van der Waals surface area contributed by atoms with E-state index in [1.54, 1.807) is 17.0 Å². The van der Waals surface area contributed by atoms with E-state index < -0.39 is 0 Å². The van der Waals surface area contributed by atoms with Gasteiger partial charge in [-0.05, 0) is 92.6 Å². The minimum atomic E-state index is -0.308. The number of amidine groups is 1. The Morgan fingerprint density at radius 3 is 2.47 bits per heavy atom. The highest BCUT2D eigenvalue weighted by molar-refractivity contribution is 8.18. The Bertz CT molecular complexity index is 1220. The Labute approximate surface area is 192 Å². The number of amides is 1. The highest BCUT2D eigenvalue weighted by Gasteiger charge is 2.32. The van der Waals surface area contributed by atoms with E-state index in [-0.39, 0.29) is 11.7 Å². The molecule has 1 aliphatic heterocycles. The Morgan fingerprint density at radius 2 is 1.78 bits per heavy atom. The zero-order valence-electron chi connectivity index (χ0n) is 18.7. The molecule has 2 aromatic carbocycles. The zero-order valence-corrected chi connectivity index (χ0v) is 19.5. The van der Waals surface area contributed by atoms with Crippen LogP contribution in [-0.4, -0.2) is 27.1 Å². The standard InChI is InChI=1S/C26H26FN3OS/c1-5-19-9-7-8-10-23(19)30-17(3)15-20(18(30)4)16-24-25(31)29(6-2)26(32-24)28-22-13-11-21(27)12-14-22/h7-16H,5-6H2,1-4H3/b24-16-,28-26?. The molecule has 1 aromatic heterocycles. The molecule has 1 saturated heterocycles. The van der Waals surface area contributed by atoms with Crippen molar-refractivity contribution in [2.24, 2.45) is 4.99 Å². The third kappa shape index (κ3) is 4.15. The van der Waals surface area contributed by atoms with Gasteiger partial charge in [-0.25, -0.2) is 9.38 Å². The SMILES string of the molecule is CCc1ccccc1-n1c(C)cc(/C=C2\SC(=Nc3ccc(F)cc3)N(CC)C2=O)c1C. The van der Waals surface area contributed by atoms with E-state index in [0.29, 0.717) is 22.3 Å². The van der Waals surface area contributed by atoms with Crippen molar-refractivity contribution in [3.63, 3.8) is 0 Å². The lowest BCUT2D eigenvalue weighted by Crippen LogP contribution is -2.28. The second-order valence-electron chi connectivity index (χ2n) is 7.68. The maximum atomic E-state index is 13.2. The van der Waals surface area contributed by atoms with Crippen LogP contribution in [0.3, 0.4) is 0 Å². The van der Waals surface area contributed by atoms with Gasteiger partial charge in [0.15, 0.2) is 5.17 Å². The van der Waals surface area contributed by atoms with Gasteiger partial charge in [0.2, 0.25) is 0 Å². The molecular formula is C26H26FN3OS. The van der Waals surface area contributed by atoms with E-state index in [0.717, 1.165) is 23.4 Å². The van der Waals surface area contributed by atoms with Crippen LogP contribution in [0.1, 0.15) is 36.4 Å². The van der Waals surface area contributed by atoms with E-state index in [2.05, 4.69) is 60.7 Å². The van der Waals surface area contributed by atoms with Gasteiger partial charge in [-0.15, -0.1) is 0 Å². The average molecular weight is 448 g/mol. The molecule has 32 heavy (non-hydrogen) atoms. The molecule has 4 nitrogen and oxygen atoms in total. The number of aliphatic imine (C=N–C) groups is 1. The number of thioether (sulfide) groups is 1. The first-order valence-corrected chi connectivity index (χ1v) is 11.6. The summed E-state index contributed by atoms with van der Waals surface area (Å²) in [4.78, 5) is 19.9. The minimum absolute atomic E-state index is 0.0582. The van der Waals surface area contributed by atoms with Crippen molar-refractivity contribution in [3.8, 4) is 5.69 Å². The van der Waals surface area contributed by atoms with E-state index in [1.165, 1.54) is 35.1 Å². The number of rotatable bonds is 5. The molecule has 0 spiro atoms. The number of aromatic nitrogens is 1. The predicted molar refractivity (Wildman–Crippen MR) is 131 cm³/mol. The molecule has 164 valence electrons. The maximum absolute atomic E-state index is 13.2. The van der Waals surface area contributed by atoms with Crippen molar-refractivity contribution < 1.29 is 9.18 Å². The minimum Gasteiger partial charge on any atom is -0.318 e. The number of carbonyl (C=O) groups is 1. The van der Waals surface area contributed by atoms with Gasteiger partial charge in [0, 0.05) is 23.6 Å². The van der Waals surface area contributed by atoms with Crippen LogP contribution < -0.4 is 0 Å². The van der Waals surface area contributed by atoms with Crippen molar-refractivity contribution in [2.45, 2.75) is 34.1 Å². The van der Waals surface area contributed by atoms with Crippen molar-refractivity contribution in [1.29, 1.82) is 0 Å². The first-order valence-electron chi connectivity index (χ1n) is 10.8. The molecule has 0 bridgehead atoms. The second-order valence-corrected chi connectivity index (χ2v) is 8.68. The van der Waals surface area contributed by atoms with E-state index in [9.17, 15) is 9.18 Å². The molecule has 0 unspecified atom stereocenters. The summed E-state index contributed by atoms with van der Waals surface area (Å²) in [5, 5.41) is 0.612. The second kappa shape index (κ2) is 9.17. The largest absolute Gasteiger partial charge is 0.318 e. The Balaban J connectivity index is 1.71. The molecule has 0 saturated carbocycles. The molecule has 1 fully saturated rings. The first-order chi connectivity index (χ1) is 15.4. The summed E-state index contributed by atoms with van der Waals surface area (Å²) >= 11 is 1.36. The summed E-state index contributed by atoms with van der Waals surface area (Å²) < 4.78 is 15.5. The van der Waals surface area contributed by atoms with Gasteiger partial charge in [-0.2, -0.15) is 0 Å². The first kappa shape index (κ1) is 22.1. The third-order valence-electron chi connectivity index (χ3n) is 5.63. The summed E-state index contributed by atoms with van der Waals surface area (Å²) in [6.07, 6.45) is 2.91. The highest BCUT2D eigenvalue weighted by atomic mass is 32.2. The fourth-order valence-corrected chi connectivity index (χ4v) is 5.02. The summed E-state index contributed by atoms with van der Waals surface area (Å²) in [6.45, 7) is 8.78. The molecule has 1 aliphatic rings. The molecule has 0 aliphatic carbocycles. The van der Waals surface area contributed by atoms with Gasteiger partial charge in [-0.3, -0.25) is 9.69 Å². The molecule has 2 heterocycles. The van der Waals surface area contributed by atoms with Crippen molar-refractivity contribution in [2.75, 3.05) is 6.54 Å². The van der Waals surface area contributed by atoms with Crippen LogP contribution in [0.15, 0.2) is 64.5 Å². The molecule has 0 radical (unpaired) electrons. The summed E-state index contributed by atoms with van der Waals surface area (Å²) in [6, 6.07) is 16.5. The van der Waals surface area contributed by atoms with Crippen LogP contribution in [0.5, 0.6) is 0 Å². The third-order valence-corrected chi connectivity index (χ3v) is 6.63. The van der Waals surface area contributed by atoms with E-state index in [1.807, 2.05) is 13.0 Å². The lowest BCUT2D eigenvalue weighted by Gasteiger charge is -2.14. The normalized spacial score (nSPS) is 16.5. The fourth-order valence-electron chi connectivity index (χ4n) is 3.97. The predicted octanol–water partition coefficient (Wildman–Crippen LogP) is 6.42. The zero-order chi connectivity index (χ0) is 22.8. The highest BCUT2D eigenvalue weighted by Crippen LogP contribution is 2.35. The number of likely N-dealkylation sites (N-methyl/N-ethyl adjacent to an activating group) is 1. The molecular weight excluding hydrogens is 421 g/mol. The van der Waals surface area contributed by atoms with Crippen LogP contribution in [0.4, 0.5) is 10.1 Å². The maximum Gasteiger partial charge on any atom is 0.266 e. The summed E-state index contributed by atoms with van der Waals surface area (Å²) in [5.74, 6) is -0.367. The van der Waals surface area contributed by atoms with Crippen LogP contribution in [0, 0.1) is 19.7 Å². The van der Waals surface area contributed by atoms with Crippen LogP contribution in [0.2, 0.25) is 0 Å². The summed E-state index contributed by atoms with van der Waals surface area (Å²) in [5.41, 5.74) is 6.31.